The highest BCUT2D eigenvalue weighted by atomic mass is 14.4. The lowest BCUT2D eigenvalue weighted by molar-refractivity contribution is 0.660. The third kappa shape index (κ3) is 2.58. The van der Waals surface area contributed by atoms with E-state index in [9.17, 15) is 0 Å². The van der Waals surface area contributed by atoms with Crippen LogP contribution in [0, 0.1) is 0 Å². The third-order valence-electron chi connectivity index (χ3n) is 3.49. The summed E-state index contributed by atoms with van der Waals surface area (Å²) in [6, 6.07) is 17.4. The van der Waals surface area contributed by atoms with Crippen molar-refractivity contribution in [3.63, 3.8) is 0 Å². The second kappa shape index (κ2) is 6.56. The van der Waals surface area contributed by atoms with E-state index < -0.39 is 0 Å². The minimum absolute atomic E-state index is 0.160. The standard InChI is InChI=1S/C15H14.2C2H6/c1-15(2)13-9-5-3-7-11(13)12-8-4-6-10-14(12)15;2*1-2/h3-10H,1-2H3;2*1-2H3. The Morgan fingerprint density at radius 3 is 1.26 bits per heavy atom. The maximum atomic E-state index is 2.30. The second-order valence-electron chi connectivity index (χ2n) is 4.72. The molecule has 19 heavy (non-hydrogen) atoms. The first-order valence-electron chi connectivity index (χ1n) is 7.40. The van der Waals surface area contributed by atoms with Gasteiger partial charge in [0.1, 0.15) is 0 Å². The summed E-state index contributed by atoms with van der Waals surface area (Å²) in [5.74, 6) is 0. The molecule has 0 heteroatoms. The SMILES string of the molecule is CC.CC.CC1(C)c2ccccc2-c2ccccc21. The fourth-order valence-corrected chi connectivity index (χ4v) is 2.67. The highest BCUT2D eigenvalue weighted by molar-refractivity contribution is 5.80. The molecule has 0 fully saturated rings. The van der Waals surface area contributed by atoms with Crippen LogP contribution in [0.5, 0.6) is 0 Å². The molecule has 2 aromatic carbocycles. The summed E-state index contributed by atoms with van der Waals surface area (Å²) >= 11 is 0. The summed E-state index contributed by atoms with van der Waals surface area (Å²) in [6.45, 7) is 12.6. The predicted molar refractivity (Wildman–Crippen MR) is 86.7 cm³/mol. The maximum absolute atomic E-state index is 2.30. The molecule has 102 valence electrons. The third-order valence-corrected chi connectivity index (χ3v) is 3.49. The summed E-state index contributed by atoms with van der Waals surface area (Å²) in [5, 5.41) is 0. The largest absolute Gasteiger partial charge is 0.0683 e. The fraction of sp³-hybridized carbons (Fsp3) is 0.368. The molecule has 0 spiro atoms. The Balaban J connectivity index is 0.000000415. The van der Waals surface area contributed by atoms with Gasteiger partial charge >= 0.3 is 0 Å². The predicted octanol–water partition coefficient (Wildman–Crippen LogP) is 6.05. The second-order valence-corrected chi connectivity index (χ2v) is 4.72. The number of fused-ring (bicyclic) bond motifs is 3. The number of benzene rings is 2. The molecule has 0 unspecified atom stereocenters. The van der Waals surface area contributed by atoms with Crippen LogP contribution in [0.15, 0.2) is 48.5 Å². The van der Waals surface area contributed by atoms with Gasteiger partial charge in [0.05, 0.1) is 0 Å². The van der Waals surface area contributed by atoms with Crippen molar-refractivity contribution in [2.45, 2.75) is 47.0 Å². The first kappa shape index (κ1) is 15.5. The topological polar surface area (TPSA) is 0 Å². The molecule has 0 bridgehead atoms. The highest BCUT2D eigenvalue weighted by Gasteiger charge is 2.34. The van der Waals surface area contributed by atoms with Crippen LogP contribution in [0.4, 0.5) is 0 Å². The van der Waals surface area contributed by atoms with E-state index >= 15 is 0 Å². The van der Waals surface area contributed by atoms with Gasteiger partial charge in [-0.25, -0.2) is 0 Å². The van der Waals surface area contributed by atoms with Gasteiger partial charge in [-0.2, -0.15) is 0 Å². The lowest BCUT2D eigenvalue weighted by atomic mass is 9.82. The first-order valence-corrected chi connectivity index (χ1v) is 7.40. The molecule has 0 amide bonds. The van der Waals surface area contributed by atoms with Crippen LogP contribution < -0.4 is 0 Å². The van der Waals surface area contributed by atoms with Crippen molar-refractivity contribution in [3.8, 4) is 11.1 Å². The molecule has 0 aromatic heterocycles. The van der Waals surface area contributed by atoms with Gasteiger partial charge in [0.25, 0.3) is 0 Å². The number of hydrogen-bond donors (Lipinski definition) is 0. The van der Waals surface area contributed by atoms with E-state index in [1.165, 1.54) is 22.3 Å². The van der Waals surface area contributed by atoms with Gasteiger partial charge in [0, 0.05) is 5.41 Å². The van der Waals surface area contributed by atoms with Gasteiger partial charge in [-0.15, -0.1) is 0 Å². The molecule has 0 saturated heterocycles. The van der Waals surface area contributed by atoms with Crippen molar-refractivity contribution in [1.82, 2.24) is 0 Å². The summed E-state index contributed by atoms with van der Waals surface area (Å²) in [7, 11) is 0. The molecule has 0 atom stereocenters. The first-order chi connectivity index (χ1) is 9.21. The van der Waals surface area contributed by atoms with Gasteiger partial charge < -0.3 is 0 Å². The van der Waals surface area contributed by atoms with Crippen LogP contribution in [0.25, 0.3) is 11.1 Å². The fourth-order valence-electron chi connectivity index (χ4n) is 2.67. The lowest BCUT2D eigenvalue weighted by Gasteiger charge is -2.20. The van der Waals surface area contributed by atoms with Gasteiger partial charge in [-0.3, -0.25) is 0 Å². The van der Waals surface area contributed by atoms with Crippen molar-refractivity contribution in [2.75, 3.05) is 0 Å². The zero-order valence-electron chi connectivity index (χ0n) is 13.1. The van der Waals surface area contributed by atoms with Crippen LogP contribution in [-0.4, -0.2) is 0 Å². The van der Waals surface area contributed by atoms with Crippen molar-refractivity contribution in [1.29, 1.82) is 0 Å². The summed E-state index contributed by atoms with van der Waals surface area (Å²) in [4.78, 5) is 0. The van der Waals surface area contributed by atoms with Crippen molar-refractivity contribution in [2.24, 2.45) is 0 Å². The molecule has 0 saturated carbocycles. The molecule has 0 nitrogen and oxygen atoms in total. The van der Waals surface area contributed by atoms with Gasteiger partial charge in [0.15, 0.2) is 0 Å². The Labute approximate surface area is 118 Å². The van der Waals surface area contributed by atoms with Gasteiger partial charge in [0.2, 0.25) is 0 Å². The Morgan fingerprint density at radius 2 is 0.895 bits per heavy atom. The number of rotatable bonds is 0. The summed E-state index contributed by atoms with van der Waals surface area (Å²) in [5.41, 5.74) is 5.86. The van der Waals surface area contributed by atoms with Crippen LogP contribution >= 0.6 is 0 Å². The van der Waals surface area contributed by atoms with Crippen LogP contribution in [0.3, 0.4) is 0 Å². The van der Waals surface area contributed by atoms with Crippen LogP contribution in [0.2, 0.25) is 0 Å². The highest BCUT2D eigenvalue weighted by Crippen LogP contribution is 2.47. The molecule has 0 N–H and O–H groups in total. The minimum atomic E-state index is 0.160. The minimum Gasteiger partial charge on any atom is -0.0683 e. The summed E-state index contributed by atoms with van der Waals surface area (Å²) in [6.07, 6.45) is 0. The van der Waals surface area contributed by atoms with Crippen LogP contribution in [0.1, 0.15) is 52.7 Å². The molecule has 2 aromatic rings. The Kier molecular flexibility index (Phi) is 5.35. The molecule has 0 radical (unpaired) electrons. The van der Waals surface area contributed by atoms with Crippen molar-refractivity contribution < 1.29 is 0 Å². The maximum Gasteiger partial charge on any atom is 0.0158 e. The van der Waals surface area contributed by atoms with E-state index in [4.69, 9.17) is 0 Å². The number of hydrogen-bond acceptors (Lipinski definition) is 0. The van der Waals surface area contributed by atoms with E-state index in [0.29, 0.717) is 0 Å². The Morgan fingerprint density at radius 1 is 0.579 bits per heavy atom. The van der Waals surface area contributed by atoms with E-state index in [2.05, 4.69) is 62.4 Å². The quantitative estimate of drug-likeness (QED) is 0.537. The molecular formula is C19H26. The Bertz CT molecular complexity index is 474. The van der Waals surface area contributed by atoms with E-state index in [1.807, 2.05) is 27.7 Å². The molecule has 0 aliphatic heterocycles. The normalized spacial score (nSPS) is 13.2. The molecular weight excluding hydrogens is 228 g/mol. The van der Waals surface area contributed by atoms with Crippen molar-refractivity contribution >= 4 is 0 Å². The average Bonchev–Trinajstić information content (AvgIpc) is 2.73. The van der Waals surface area contributed by atoms with E-state index in [1.54, 1.807) is 0 Å². The molecule has 0 heterocycles. The lowest BCUT2D eigenvalue weighted by Crippen LogP contribution is -2.14. The average molecular weight is 254 g/mol. The molecule has 1 aliphatic rings. The van der Waals surface area contributed by atoms with Crippen LogP contribution in [-0.2, 0) is 5.41 Å². The van der Waals surface area contributed by atoms with Gasteiger partial charge in [-0.05, 0) is 22.3 Å². The van der Waals surface area contributed by atoms with Crippen molar-refractivity contribution in [3.05, 3.63) is 59.7 Å². The van der Waals surface area contributed by atoms with E-state index in [0.717, 1.165) is 0 Å². The molecule has 3 rings (SSSR count). The Hall–Kier alpha value is -1.56. The molecule has 1 aliphatic carbocycles. The summed E-state index contributed by atoms with van der Waals surface area (Å²) < 4.78 is 0. The zero-order valence-corrected chi connectivity index (χ0v) is 13.1. The van der Waals surface area contributed by atoms with E-state index in [-0.39, 0.29) is 5.41 Å². The monoisotopic (exact) mass is 254 g/mol. The smallest absolute Gasteiger partial charge is 0.0158 e. The zero-order chi connectivity index (χ0) is 14.5. The van der Waals surface area contributed by atoms with Gasteiger partial charge in [-0.1, -0.05) is 90.1 Å².